The van der Waals surface area contributed by atoms with Gasteiger partial charge in [0.1, 0.15) is 11.3 Å². The van der Waals surface area contributed by atoms with Crippen LogP contribution in [0.25, 0.3) is 0 Å². The van der Waals surface area contributed by atoms with E-state index in [1.165, 1.54) is 0 Å². The van der Waals surface area contributed by atoms with Crippen molar-refractivity contribution < 1.29 is 23.9 Å². The first-order valence-corrected chi connectivity index (χ1v) is 8.46. The fourth-order valence-corrected chi connectivity index (χ4v) is 3.33. The van der Waals surface area contributed by atoms with Gasteiger partial charge in [-0.25, -0.2) is 9.59 Å². The van der Waals surface area contributed by atoms with Crippen molar-refractivity contribution >= 4 is 29.2 Å². The summed E-state index contributed by atoms with van der Waals surface area (Å²) in [6.45, 7) is 1.74. The summed E-state index contributed by atoms with van der Waals surface area (Å²) in [5, 5.41) is 5.58. The molecule has 2 heterocycles. The van der Waals surface area contributed by atoms with Crippen LogP contribution in [0.1, 0.15) is 12.5 Å². The zero-order chi connectivity index (χ0) is 19.0. The maximum atomic E-state index is 12.9. The number of ether oxygens (including phenoxy) is 2. The molecule has 0 bridgehead atoms. The number of benzene rings is 2. The smallest absolute Gasteiger partial charge is 0.357 e. The minimum atomic E-state index is -1.86. The van der Waals surface area contributed by atoms with Crippen LogP contribution in [0.4, 0.5) is 11.4 Å². The Morgan fingerprint density at radius 2 is 1.81 bits per heavy atom. The molecule has 1 amide bonds. The molecule has 0 aromatic heterocycles. The largest absolute Gasteiger partial charge is 0.462 e. The van der Waals surface area contributed by atoms with E-state index < -0.39 is 23.4 Å². The third kappa shape index (κ3) is 2.47. The van der Waals surface area contributed by atoms with Crippen LogP contribution in [-0.2, 0) is 29.5 Å². The molecule has 0 fully saturated rings. The van der Waals surface area contributed by atoms with Crippen LogP contribution >= 0.6 is 0 Å². The Balaban J connectivity index is 1.91. The predicted molar refractivity (Wildman–Crippen MR) is 96.6 cm³/mol. The van der Waals surface area contributed by atoms with Gasteiger partial charge in [0.15, 0.2) is 0 Å². The molecule has 7 heteroatoms. The summed E-state index contributed by atoms with van der Waals surface area (Å²) in [5.74, 6) is -2.19. The van der Waals surface area contributed by atoms with E-state index in [0.29, 0.717) is 16.9 Å². The van der Waals surface area contributed by atoms with E-state index in [4.69, 9.17) is 9.47 Å². The maximum Gasteiger partial charge on any atom is 0.357 e. The molecule has 1 atom stereocenters. The van der Waals surface area contributed by atoms with Crippen molar-refractivity contribution in [3.05, 3.63) is 71.4 Å². The van der Waals surface area contributed by atoms with Crippen molar-refractivity contribution in [3.63, 3.8) is 0 Å². The van der Waals surface area contributed by atoms with Gasteiger partial charge in [0.05, 0.1) is 6.61 Å². The summed E-state index contributed by atoms with van der Waals surface area (Å²) in [7, 11) is 0. The van der Waals surface area contributed by atoms with Crippen LogP contribution in [-0.4, -0.2) is 24.5 Å². The van der Waals surface area contributed by atoms with Crippen molar-refractivity contribution in [1.29, 1.82) is 0 Å². The maximum absolute atomic E-state index is 12.9. The molecule has 0 aliphatic carbocycles. The number of hydrogen-bond donors (Lipinski definition) is 2. The molecule has 0 saturated heterocycles. The first-order valence-electron chi connectivity index (χ1n) is 8.46. The van der Waals surface area contributed by atoms with E-state index >= 15 is 0 Å². The highest BCUT2D eigenvalue weighted by Gasteiger charge is 2.62. The predicted octanol–water partition coefficient (Wildman–Crippen LogP) is 2.32. The monoisotopic (exact) mass is 364 g/mol. The second kappa shape index (κ2) is 6.28. The zero-order valence-electron chi connectivity index (χ0n) is 14.4. The van der Waals surface area contributed by atoms with Gasteiger partial charge in [0.2, 0.25) is 0 Å². The fourth-order valence-electron chi connectivity index (χ4n) is 3.33. The van der Waals surface area contributed by atoms with Crippen molar-refractivity contribution in [1.82, 2.24) is 0 Å². The molecule has 0 radical (unpaired) electrons. The molecule has 2 aromatic rings. The number of esters is 2. The number of anilines is 2. The number of carbonyl (C=O) groups is 3. The van der Waals surface area contributed by atoms with E-state index in [1.54, 1.807) is 55.5 Å². The van der Waals surface area contributed by atoms with Gasteiger partial charge in [-0.15, -0.1) is 0 Å². The van der Waals surface area contributed by atoms with E-state index in [-0.39, 0.29) is 17.9 Å². The van der Waals surface area contributed by atoms with Gasteiger partial charge in [0, 0.05) is 16.9 Å². The summed E-state index contributed by atoms with van der Waals surface area (Å²) < 4.78 is 10.7. The number of nitrogens with one attached hydrogen (secondary N) is 2. The van der Waals surface area contributed by atoms with Crippen molar-refractivity contribution in [2.24, 2.45) is 0 Å². The fraction of sp³-hybridized carbons (Fsp3) is 0.150. The highest BCUT2D eigenvalue weighted by Crippen LogP contribution is 2.49. The number of amides is 1. The van der Waals surface area contributed by atoms with E-state index in [2.05, 4.69) is 10.6 Å². The molecule has 2 N–H and O–H groups in total. The van der Waals surface area contributed by atoms with Gasteiger partial charge in [-0.1, -0.05) is 36.4 Å². The molecule has 2 aliphatic heterocycles. The Kier molecular flexibility index (Phi) is 3.92. The van der Waals surface area contributed by atoms with Crippen molar-refractivity contribution in [2.45, 2.75) is 12.5 Å². The van der Waals surface area contributed by atoms with E-state index in [1.807, 2.05) is 6.07 Å². The molecule has 136 valence electrons. The van der Waals surface area contributed by atoms with Gasteiger partial charge in [-0.05, 0) is 25.1 Å². The normalized spacial score (nSPS) is 20.3. The topological polar surface area (TPSA) is 93.7 Å². The average Bonchev–Trinajstić information content (AvgIpc) is 3.11. The third-order valence-electron chi connectivity index (χ3n) is 4.45. The van der Waals surface area contributed by atoms with E-state index in [9.17, 15) is 14.4 Å². The Bertz CT molecular complexity index is 983. The molecular weight excluding hydrogens is 348 g/mol. The van der Waals surface area contributed by atoms with Crippen LogP contribution in [0.2, 0.25) is 0 Å². The van der Waals surface area contributed by atoms with Gasteiger partial charge < -0.3 is 20.1 Å². The average molecular weight is 364 g/mol. The lowest BCUT2D eigenvalue weighted by Gasteiger charge is -2.22. The third-order valence-corrected chi connectivity index (χ3v) is 4.45. The second-order valence-electron chi connectivity index (χ2n) is 6.03. The quantitative estimate of drug-likeness (QED) is 0.809. The number of para-hydroxylation sites is 2. The van der Waals surface area contributed by atoms with Crippen molar-refractivity contribution in [3.8, 4) is 0 Å². The Morgan fingerprint density at radius 3 is 2.56 bits per heavy atom. The summed E-state index contributed by atoms with van der Waals surface area (Å²) in [6.07, 6.45) is 0. The zero-order valence-corrected chi connectivity index (χ0v) is 14.4. The van der Waals surface area contributed by atoms with Crippen LogP contribution in [0, 0.1) is 0 Å². The number of rotatable bonds is 4. The summed E-state index contributed by atoms with van der Waals surface area (Å²) in [6, 6.07) is 15.6. The minimum absolute atomic E-state index is 0.0918. The summed E-state index contributed by atoms with van der Waals surface area (Å²) >= 11 is 0. The molecule has 27 heavy (non-hydrogen) atoms. The first-order chi connectivity index (χ1) is 13.1. The minimum Gasteiger partial charge on any atom is -0.462 e. The second-order valence-corrected chi connectivity index (χ2v) is 6.03. The first kappa shape index (κ1) is 16.8. The van der Waals surface area contributed by atoms with Crippen LogP contribution in [0.3, 0.4) is 0 Å². The lowest BCUT2D eigenvalue weighted by Crippen LogP contribution is -2.40. The number of fused-ring (bicyclic) bond motifs is 2. The van der Waals surface area contributed by atoms with Gasteiger partial charge in [0.25, 0.3) is 11.5 Å². The van der Waals surface area contributed by atoms with Gasteiger partial charge in [-0.3, -0.25) is 4.79 Å². The number of carbonyl (C=O) groups excluding carboxylic acids is 3. The van der Waals surface area contributed by atoms with Crippen LogP contribution in [0.15, 0.2) is 65.9 Å². The standard InChI is InChI=1S/C20H16N2O5/c1-2-26-17(23)15-16(21-12-8-4-3-5-9-12)18(24)27-20(15)13-10-6-7-11-14(13)22-19(20)25/h3-11,21H,2H2,1H3,(H,22,25). The van der Waals surface area contributed by atoms with Gasteiger partial charge >= 0.3 is 11.9 Å². The molecule has 1 unspecified atom stereocenters. The Hall–Kier alpha value is -3.61. The lowest BCUT2D eigenvalue weighted by atomic mass is 9.87. The summed E-state index contributed by atoms with van der Waals surface area (Å²) in [4.78, 5) is 38.3. The van der Waals surface area contributed by atoms with Crippen molar-refractivity contribution in [2.75, 3.05) is 17.2 Å². The highest BCUT2D eigenvalue weighted by molar-refractivity contribution is 6.19. The van der Waals surface area contributed by atoms with Crippen LogP contribution < -0.4 is 10.6 Å². The molecule has 4 rings (SSSR count). The highest BCUT2D eigenvalue weighted by atomic mass is 16.6. The molecule has 2 aliphatic rings. The Labute approximate surface area is 155 Å². The molecule has 0 saturated carbocycles. The van der Waals surface area contributed by atoms with E-state index in [0.717, 1.165) is 0 Å². The SMILES string of the molecule is CCOC(=O)C1=C(Nc2ccccc2)C(=O)OC12C(=O)Nc1ccccc12. The number of hydrogen-bond acceptors (Lipinski definition) is 6. The van der Waals surface area contributed by atoms with Crippen LogP contribution in [0.5, 0.6) is 0 Å². The molecule has 2 aromatic carbocycles. The lowest BCUT2D eigenvalue weighted by molar-refractivity contribution is -0.157. The molecule has 1 spiro atoms. The summed E-state index contributed by atoms with van der Waals surface area (Å²) in [5.41, 5.74) is -0.659. The molecule has 7 nitrogen and oxygen atoms in total. The Morgan fingerprint density at radius 1 is 1.11 bits per heavy atom. The molecular formula is C20H16N2O5. The van der Waals surface area contributed by atoms with Gasteiger partial charge in [-0.2, -0.15) is 0 Å².